The summed E-state index contributed by atoms with van der Waals surface area (Å²) in [5.74, 6) is -0.195. The highest BCUT2D eigenvalue weighted by molar-refractivity contribution is 5.67. The standard InChI is InChI=1S/C20H31FN4O2/c1-3-27-20(26)25-14-10-23(11-15-25)16-19(17-4-6-18(21)7-5-17)24-12-8-22(2)9-13-24/h4-7,19H,3,8-16H2,1-2H3. The molecule has 0 spiro atoms. The summed E-state index contributed by atoms with van der Waals surface area (Å²) >= 11 is 0. The summed E-state index contributed by atoms with van der Waals surface area (Å²) in [5, 5.41) is 0. The van der Waals surface area contributed by atoms with Gasteiger partial charge in [-0.2, -0.15) is 0 Å². The fourth-order valence-electron chi connectivity index (χ4n) is 3.82. The zero-order chi connectivity index (χ0) is 19.2. The average Bonchev–Trinajstić information content (AvgIpc) is 2.68. The van der Waals surface area contributed by atoms with E-state index in [-0.39, 0.29) is 18.0 Å². The van der Waals surface area contributed by atoms with Crippen LogP contribution in [0.4, 0.5) is 9.18 Å². The van der Waals surface area contributed by atoms with Gasteiger partial charge in [0.2, 0.25) is 0 Å². The largest absolute Gasteiger partial charge is 0.450 e. The van der Waals surface area contributed by atoms with E-state index in [0.29, 0.717) is 19.7 Å². The van der Waals surface area contributed by atoms with Crippen LogP contribution in [-0.4, -0.2) is 98.3 Å². The molecule has 7 heteroatoms. The molecule has 1 amide bonds. The van der Waals surface area contributed by atoms with Gasteiger partial charge in [0.25, 0.3) is 0 Å². The summed E-state index contributed by atoms with van der Waals surface area (Å²) < 4.78 is 18.5. The minimum absolute atomic E-state index is 0.195. The number of halogens is 1. The van der Waals surface area contributed by atoms with Crippen LogP contribution in [0.25, 0.3) is 0 Å². The van der Waals surface area contributed by atoms with Crippen molar-refractivity contribution >= 4 is 6.09 Å². The Morgan fingerprint density at radius 3 is 2.26 bits per heavy atom. The number of likely N-dealkylation sites (N-methyl/N-ethyl adjacent to an activating group) is 1. The second-order valence-electron chi connectivity index (χ2n) is 7.39. The first-order valence-electron chi connectivity index (χ1n) is 9.89. The van der Waals surface area contributed by atoms with Gasteiger partial charge in [-0.05, 0) is 31.7 Å². The van der Waals surface area contributed by atoms with E-state index in [1.165, 1.54) is 0 Å². The molecule has 2 heterocycles. The molecule has 0 radical (unpaired) electrons. The Labute approximate surface area is 161 Å². The number of benzene rings is 1. The zero-order valence-electron chi connectivity index (χ0n) is 16.4. The van der Waals surface area contributed by atoms with Gasteiger partial charge in [0.15, 0.2) is 0 Å². The summed E-state index contributed by atoms with van der Waals surface area (Å²) in [4.78, 5) is 20.9. The monoisotopic (exact) mass is 378 g/mol. The number of carbonyl (C=O) groups excluding carboxylic acids is 1. The first-order chi connectivity index (χ1) is 13.1. The lowest BCUT2D eigenvalue weighted by Crippen LogP contribution is -2.53. The highest BCUT2D eigenvalue weighted by Crippen LogP contribution is 2.24. The van der Waals surface area contributed by atoms with Gasteiger partial charge in [-0.25, -0.2) is 9.18 Å². The molecule has 2 aliphatic heterocycles. The summed E-state index contributed by atoms with van der Waals surface area (Å²) in [6.07, 6.45) is -0.216. The Bertz CT molecular complexity index is 597. The van der Waals surface area contributed by atoms with Crippen molar-refractivity contribution in [1.29, 1.82) is 0 Å². The molecule has 2 aliphatic rings. The van der Waals surface area contributed by atoms with Gasteiger partial charge in [0, 0.05) is 64.9 Å². The van der Waals surface area contributed by atoms with Crippen LogP contribution in [0.5, 0.6) is 0 Å². The van der Waals surface area contributed by atoms with E-state index >= 15 is 0 Å². The topological polar surface area (TPSA) is 39.3 Å². The summed E-state index contributed by atoms with van der Waals surface area (Å²) in [5.41, 5.74) is 1.16. The molecule has 1 aromatic carbocycles. The van der Waals surface area contributed by atoms with Crippen LogP contribution in [0.15, 0.2) is 24.3 Å². The van der Waals surface area contributed by atoms with Crippen molar-refractivity contribution in [3.05, 3.63) is 35.6 Å². The van der Waals surface area contributed by atoms with E-state index in [4.69, 9.17) is 4.74 Å². The van der Waals surface area contributed by atoms with Gasteiger partial charge in [-0.3, -0.25) is 9.80 Å². The molecule has 0 bridgehead atoms. The van der Waals surface area contributed by atoms with Crippen molar-refractivity contribution in [1.82, 2.24) is 19.6 Å². The van der Waals surface area contributed by atoms with Gasteiger partial charge >= 0.3 is 6.09 Å². The van der Waals surface area contributed by atoms with Crippen LogP contribution in [-0.2, 0) is 4.74 Å². The minimum atomic E-state index is -0.216. The Kier molecular flexibility index (Phi) is 7.04. The summed E-state index contributed by atoms with van der Waals surface area (Å²) in [6.45, 7) is 10.3. The highest BCUT2D eigenvalue weighted by atomic mass is 19.1. The lowest BCUT2D eigenvalue weighted by Gasteiger charge is -2.42. The number of amides is 1. The SMILES string of the molecule is CCOC(=O)N1CCN(CC(c2ccc(F)cc2)N2CCN(C)CC2)CC1. The normalized spacial score (nSPS) is 21.2. The second kappa shape index (κ2) is 9.48. The molecule has 0 N–H and O–H groups in total. The highest BCUT2D eigenvalue weighted by Gasteiger charge is 2.28. The van der Waals surface area contributed by atoms with Crippen molar-refractivity contribution in [2.75, 3.05) is 72.6 Å². The summed E-state index contributed by atoms with van der Waals surface area (Å²) in [6, 6.07) is 7.17. The van der Waals surface area contributed by atoms with E-state index in [9.17, 15) is 9.18 Å². The molecule has 0 saturated carbocycles. The molecule has 1 unspecified atom stereocenters. The molecule has 1 atom stereocenters. The van der Waals surface area contributed by atoms with Crippen molar-refractivity contribution in [2.24, 2.45) is 0 Å². The fourth-order valence-corrected chi connectivity index (χ4v) is 3.82. The van der Waals surface area contributed by atoms with Gasteiger partial charge in [0.1, 0.15) is 5.82 Å². The third-order valence-electron chi connectivity index (χ3n) is 5.56. The van der Waals surface area contributed by atoms with Crippen LogP contribution < -0.4 is 0 Å². The molecule has 3 rings (SSSR count). The van der Waals surface area contributed by atoms with E-state index < -0.39 is 0 Å². The van der Waals surface area contributed by atoms with E-state index in [1.54, 1.807) is 17.0 Å². The molecule has 0 aliphatic carbocycles. The smallest absolute Gasteiger partial charge is 0.409 e. The predicted octanol–water partition coefficient (Wildman–Crippen LogP) is 1.89. The van der Waals surface area contributed by atoms with Crippen molar-refractivity contribution in [2.45, 2.75) is 13.0 Å². The Balaban J connectivity index is 1.63. The zero-order valence-corrected chi connectivity index (χ0v) is 16.4. The third-order valence-corrected chi connectivity index (χ3v) is 5.56. The molecule has 1 aromatic rings. The van der Waals surface area contributed by atoms with Crippen LogP contribution in [0, 0.1) is 5.82 Å². The molecule has 27 heavy (non-hydrogen) atoms. The lowest BCUT2D eigenvalue weighted by molar-refractivity contribution is 0.0544. The van der Waals surface area contributed by atoms with E-state index in [1.807, 2.05) is 19.1 Å². The average molecular weight is 378 g/mol. The minimum Gasteiger partial charge on any atom is -0.450 e. The quantitative estimate of drug-likeness (QED) is 0.783. The van der Waals surface area contributed by atoms with E-state index in [2.05, 4.69) is 21.7 Å². The Morgan fingerprint density at radius 1 is 1.04 bits per heavy atom. The molecular weight excluding hydrogens is 347 g/mol. The number of hydrogen-bond acceptors (Lipinski definition) is 5. The third kappa shape index (κ3) is 5.40. The molecule has 150 valence electrons. The number of rotatable bonds is 5. The molecule has 0 aromatic heterocycles. The fraction of sp³-hybridized carbons (Fsp3) is 0.650. The van der Waals surface area contributed by atoms with Crippen LogP contribution in [0.3, 0.4) is 0 Å². The van der Waals surface area contributed by atoms with Crippen molar-refractivity contribution in [3.8, 4) is 0 Å². The maximum atomic E-state index is 13.4. The summed E-state index contributed by atoms with van der Waals surface area (Å²) in [7, 11) is 2.15. The van der Waals surface area contributed by atoms with E-state index in [0.717, 1.165) is 51.4 Å². The molecule has 2 fully saturated rings. The Hall–Kier alpha value is -1.70. The van der Waals surface area contributed by atoms with Gasteiger partial charge < -0.3 is 14.5 Å². The van der Waals surface area contributed by atoms with Crippen molar-refractivity contribution < 1.29 is 13.9 Å². The lowest BCUT2D eigenvalue weighted by atomic mass is 10.0. The number of hydrogen-bond donors (Lipinski definition) is 0. The second-order valence-corrected chi connectivity index (χ2v) is 7.39. The molecule has 2 saturated heterocycles. The van der Waals surface area contributed by atoms with Gasteiger partial charge in [0.05, 0.1) is 6.61 Å². The first-order valence-corrected chi connectivity index (χ1v) is 9.89. The van der Waals surface area contributed by atoms with Crippen LogP contribution in [0.1, 0.15) is 18.5 Å². The van der Waals surface area contributed by atoms with Gasteiger partial charge in [-0.1, -0.05) is 12.1 Å². The maximum absolute atomic E-state index is 13.4. The number of nitrogens with zero attached hydrogens (tertiary/aromatic N) is 4. The van der Waals surface area contributed by atoms with Gasteiger partial charge in [-0.15, -0.1) is 0 Å². The molecular formula is C20H31FN4O2. The molecule has 6 nitrogen and oxygen atoms in total. The maximum Gasteiger partial charge on any atom is 0.409 e. The van der Waals surface area contributed by atoms with Crippen molar-refractivity contribution in [3.63, 3.8) is 0 Å². The van der Waals surface area contributed by atoms with Crippen LogP contribution in [0.2, 0.25) is 0 Å². The number of ether oxygens (including phenoxy) is 1. The Morgan fingerprint density at radius 2 is 1.67 bits per heavy atom. The number of carbonyl (C=O) groups is 1. The first kappa shape index (κ1) is 20.0. The van der Waals surface area contributed by atoms with Crippen LogP contribution >= 0.6 is 0 Å². The number of piperazine rings is 2. The predicted molar refractivity (Wildman–Crippen MR) is 103 cm³/mol.